The van der Waals surface area contributed by atoms with Crippen LogP contribution in [0.5, 0.6) is 11.5 Å². The summed E-state index contributed by atoms with van der Waals surface area (Å²) >= 11 is 0. The van der Waals surface area contributed by atoms with Gasteiger partial charge in [-0.05, 0) is 42.7 Å². The summed E-state index contributed by atoms with van der Waals surface area (Å²) in [5, 5.41) is 21.8. The first-order valence-corrected chi connectivity index (χ1v) is 10.1. The highest BCUT2D eigenvalue weighted by molar-refractivity contribution is 5.90. The lowest BCUT2D eigenvalue weighted by Crippen LogP contribution is -2.54. The Balaban J connectivity index is 2.06. The molecule has 1 aliphatic heterocycles. The van der Waals surface area contributed by atoms with Crippen LogP contribution in [0.3, 0.4) is 0 Å². The van der Waals surface area contributed by atoms with Gasteiger partial charge in [-0.15, -0.1) is 0 Å². The molecular formula is C22H30O5. The van der Waals surface area contributed by atoms with Crippen LogP contribution in [-0.4, -0.2) is 28.9 Å². The summed E-state index contributed by atoms with van der Waals surface area (Å²) in [5.74, 6) is -0.600. The monoisotopic (exact) mass is 374 g/mol. The first-order chi connectivity index (χ1) is 12.7. The Morgan fingerprint density at radius 3 is 2.59 bits per heavy atom. The third-order valence-corrected chi connectivity index (χ3v) is 7.05. The molecule has 2 aliphatic carbocycles. The van der Waals surface area contributed by atoms with E-state index in [1.807, 2.05) is 26.8 Å². The molecule has 2 N–H and O–H groups in total. The van der Waals surface area contributed by atoms with Crippen molar-refractivity contribution in [1.82, 2.24) is 0 Å². The van der Waals surface area contributed by atoms with Crippen molar-refractivity contribution in [2.45, 2.75) is 77.4 Å². The van der Waals surface area contributed by atoms with Gasteiger partial charge in [0.1, 0.15) is 17.6 Å². The molecule has 0 aromatic heterocycles. The van der Waals surface area contributed by atoms with Crippen LogP contribution in [0.4, 0.5) is 0 Å². The minimum atomic E-state index is -0.896. The van der Waals surface area contributed by atoms with Gasteiger partial charge in [0.05, 0.1) is 0 Å². The Bertz CT molecular complexity index is 796. The van der Waals surface area contributed by atoms with Crippen molar-refractivity contribution in [1.29, 1.82) is 0 Å². The van der Waals surface area contributed by atoms with Gasteiger partial charge in [0.2, 0.25) is 0 Å². The van der Waals surface area contributed by atoms with Crippen LogP contribution < -0.4 is 0 Å². The zero-order valence-electron chi connectivity index (χ0n) is 16.8. The molecule has 4 rings (SSSR count). The molecule has 1 aromatic carbocycles. The summed E-state index contributed by atoms with van der Waals surface area (Å²) in [6.45, 7) is 10.7. The normalized spacial score (nSPS) is 33.6. The average molecular weight is 374 g/mol. The van der Waals surface area contributed by atoms with Crippen molar-refractivity contribution in [2.24, 2.45) is 11.3 Å². The van der Waals surface area contributed by atoms with Crippen LogP contribution in [0.25, 0.3) is 0 Å². The van der Waals surface area contributed by atoms with Gasteiger partial charge in [0.15, 0.2) is 11.5 Å². The number of esters is 1. The SMILES string of the molecule is CCO[C@H]1c2cc(C(C)C)c(O)c(O)c2[C@@]23CCCC(C)(C)[C@@H]2[C@@H]1OC3=O. The summed E-state index contributed by atoms with van der Waals surface area (Å²) < 4.78 is 12.0. The van der Waals surface area contributed by atoms with Gasteiger partial charge in [-0.3, -0.25) is 4.79 Å². The molecule has 1 saturated carbocycles. The number of benzene rings is 1. The van der Waals surface area contributed by atoms with E-state index in [9.17, 15) is 15.0 Å². The molecule has 27 heavy (non-hydrogen) atoms. The second kappa shape index (κ2) is 5.87. The molecule has 0 spiro atoms. The van der Waals surface area contributed by atoms with E-state index in [2.05, 4.69) is 13.8 Å². The maximum Gasteiger partial charge on any atom is 0.317 e. The molecule has 1 heterocycles. The smallest absolute Gasteiger partial charge is 0.317 e. The quantitative estimate of drug-likeness (QED) is 0.609. The summed E-state index contributed by atoms with van der Waals surface area (Å²) in [4.78, 5) is 13.2. The van der Waals surface area contributed by atoms with Crippen LogP contribution in [0.1, 0.15) is 82.6 Å². The third-order valence-electron chi connectivity index (χ3n) is 7.05. The van der Waals surface area contributed by atoms with Gasteiger partial charge in [-0.2, -0.15) is 0 Å². The van der Waals surface area contributed by atoms with Crippen molar-refractivity contribution in [2.75, 3.05) is 6.61 Å². The van der Waals surface area contributed by atoms with Gasteiger partial charge < -0.3 is 19.7 Å². The molecule has 0 radical (unpaired) electrons. The van der Waals surface area contributed by atoms with E-state index in [-0.39, 0.29) is 40.8 Å². The minimum absolute atomic E-state index is 0.0377. The molecule has 5 heteroatoms. The Hall–Kier alpha value is -1.75. The van der Waals surface area contributed by atoms with Gasteiger partial charge in [0.25, 0.3) is 0 Å². The van der Waals surface area contributed by atoms with E-state index in [4.69, 9.17) is 9.47 Å². The molecular weight excluding hydrogens is 344 g/mol. The molecule has 2 fully saturated rings. The molecule has 4 atom stereocenters. The first kappa shape index (κ1) is 18.6. The number of rotatable bonds is 3. The van der Waals surface area contributed by atoms with Crippen molar-refractivity contribution in [3.05, 3.63) is 22.8 Å². The van der Waals surface area contributed by atoms with Crippen LogP contribution in [-0.2, 0) is 19.7 Å². The third kappa shape index (κ3) is 2.24. The summed E-state index contributed by atoms with van der Waals surface area (Å²) in [5.41, 5.74) is 1.00. The zero-order valence-corrected chi connectivity index (χ0v) is 16.8. The number of aromatic hydroxyl groups is 2. The molecule has 148 valence electrons. The highest BCUT2D eigenvalue weighted by Crippen LogP contribution is 2.67. The van der Waals surface area contributed by atoms with Gasteiger partial charge >= 0.3 is 5.97 Å². The predicted molar refractivity (Wildman–Crippen MR) is 101 cm³/mol. The van der Waals surface area contributed by atoms with Gasteiger partial charge in [-0.1, -0.05) is 34.1 Å². The topological polar surface area (TPSA) is 76.0 Å². The summed E-state index contributed by atoms with van der Waals surface area (Å²) in [7, 11) is 0. The Kier molecular flexibility index (Phi) is 4.05. The fraction of sp³-hybridized carbons (Fsp3) is 0.682. The number of phenolic OH excluding ortho intramolecular Hbond substituents is 2. The highest BCUT2D eigenvalue weighted by atomic mass is 16.6. The zero-order chi connectivity index (χ0) is 19.7. The summed E-state index contributed by atoms with van der Waals surface area (Å²) in [6.07, 6.45) is 1.74. The van der Waals surface area contributed by atoms with Crippen molar-refractivity contribution in [3.8, 4) is 11.5 Å². The Morgan fingerprint density at radius 2 is 1.96 bits per heavy atom. The number of fused-ring (bicyclic) bond motifs is 1. The Morgan fingerprint density at radius 1 is 1.26 bits per heavy atom. The lowest BCUT2D eigenvalue weighted by Gasteiger charge is -2.52. The predicted octanol–water partition coefficient (Wildman–Crippen LogP) is 4.30. The number of carbonyl (C=O) groups excluding carboxylic acids is 1. The molecule has 5 nitrogen and oxygen atoms in total. The van der Waals surface area contributed by atoms with Crippen LogP contribution in [0, 0.1) is 11.3 Å². The van der Waals surface area contributed by atoms with E-state index in [1.54, 1.807) is 0 Å². The maximum atomic E-state index is 13.2. The van der Waals surface area contributed by atoms with E-state index in [1.165, 1.54) is 0 Å². The Labute approximate surface area is 160 Å². The van der Waals surface area contributed by atoms with Gasteiger partial charge in [0, 0.05) is 23.7 Å². The number of ether oxygens (including phenoxy) is 2. The molecule has 2 bridgehead atoms. The number of phenols is 2. The second-order valence-corrected chi connectivity index (χ2v) is 9.32. The number of carbonyl (C=O) groups is 1. The fourth-order valence-corrected chi connectivity index (χ4v) is 6.05. The lowest BCUT2D eigenvalue weighted by atomic mass is 9.49. The van der Waals surface area contributed by atoms with Crippen LogP contribution >= 0.6 is 0 Å². The first-order valence-electron chi connectivity index (χ1n) is 10.1. The van der Waals surface area contributed by atoms with Crippen LogP contribution in [0.15, 0.2) is 6.07 Å². The maximum absolute atomic E-state index is 13.2. The lowest BCUT2D eigenvalue weighted by molar-refractivity contribution is -0.150. The van der Waals surface area contributed by atoms with Crippen molar-refractivity contribution < 1.29 is 24.5 Å². The van der Waals surface area contributed by atoms with E-state index in [0.717, 1.165) is 18.4 Å². The molecule has 3 aliphatic rings. The average Bonchev–Trinajstić information content (AvgIpc) is 2.84. The minimum Gasteiger partial charge on any atom is -0.504 e. The standard InChI is InChI=1S/C22H30O5/c1-6-26-17-13-10-12(11(2)3)15(23)16(24)14(13)22-9-7-8-21(4,5)19(22)18(17)27-20(22)25/h10-11,17-19,23-24H,6-9H2,1-5H3/t17-,18+,19-,22-/m0/s1. The number of hydrogen-bond donors (Lipinski definition) is 2. The largest absolute Gasteiger partial charge is 0.504 e. The van der Waals surface area contributed by atoms with Crippen molar-refractivity contribution >= 4 is 5.97 Å². The van der Waals surface area contributed by atoms with Crippen molar-refractivity contribution in [3.63, 3.8) is 0 Å². The molecule has 0 unspecified atom stereocenters. The summed E-state index contributed by atoms with van der Waals surface area (Å²) in [6, 6.07) is 1.92. The number of hydrogen-bond acceptors (Lipinski definition) is 5. The highest BCUT2D eigenvalue weighted by Gasteiger charge is 2.70. The fourth-order valence-electron chi connectivity index (χ4n) is 6.05. The van der Waals surface area contributed by atoms with E-state index < -0.39 is 11.5 Å². The van der Waals surface area contributed by atoms with Gasteiger partial charge in [-0.25, -0.2) is 0 Å². The molecule has 0 amide bonds. The van der Waals surface area contributed by atoms with E-state index >= 15 is 0 Å². The van der Waals surface area contributed by atoms with E-state index in [0.29, 0.717) is 24.2 Å². The second-order valence-electron chi connectivity index (χ2n) is 9.32. The van der Waals surface area contributed by atoms with Crippen LogP contribution in [0.2, 0.25) is 0 Å². The molecule has 1 saturated heterocycles. The molecule has 1 aromatic rings.